The van der Waals surface area contributed by atoms with Crippen molar-refractivity contribution in [1.82, 2.24) is 4.98 Å². The van der Waals surface area contributed by atoms with Gasteiger partial charge in [0.1, 0.15) is 16.5 Å². The Morgan fingerprint density at radius 2 is 1.65 bits per heavy atom. The topological polar surface area (TPSA) is 77.5 Å². The van der Waals surface area contributed by atoms with Gasteiger partial charge in [0.25, 0.3) is 5.91 Å². The number of amides is 1. The molecule has 1 amide bonds. The lowest BCUT2D eigenvalue weighted by Crippen LogP contribution is -2.20. The number of aromatic nitrogens is 1. The predicted octanol–water partition coefficient (Wildman–Crippen LogP) is 8.51. The summed E-state index contributed by atoms with van der Waals surface area (Å²) in [7, 11) is 0. The highest BCUT2D eigenvalue weighted by molar-refractivity contribution is 7.19. The van der Waals surface area contributed by atoms with E-state index in [1.807, 2.05) is 54.6 Å². The molecule has 0 unspecified atom stereocenters. The molecule has 0 aliphatic rings. The number of para-hydroxylation sites is 1. The van der Waals surface area contributed by atoms with Gasteiger partial charge in [-0.25, -0.2) is 4.98 Å². The van der Waals surface area contributed by atoms with Crippen molar-refractivity contribution in [2.45, 2.75) is 6.42 Å². The molecule has 0 aliphatic carbocycles. The fourth-order valence-corrected chi connectivity index (χ4v) is 5.12. The van der Waals surface area contributed by atoms with Crippen LogP contribution in [0.4, 0.5) is 5.69 Å². The maximum Gasteiger partial charge on any atom is 0.310 e. The molecule has 40 heavy (non-hydrogen) atoms. The minimum absolute atomic E-state index is 0.0768. The van der Waals surface area contributed by atoms with E-state index < -0.39 is 18.5 Å². The minimum atomic E-state index is -0.555. The number of nitrogens with one attached hydrogen (secondary N) is 1. The molecule has 0 fully saturated rings. The second-order valence-corrected chi connectivity index (χ2v) is 10.6. The number of anilines is 1. The van der Waals surface area contributed by atoms with Crippen LogP contribution in [-0.2, 0) is 14.3 Å². The van der Waals surface area contributed by atoms with Crippen molar-refractivity contribution < 1.29 is 19.1 Å². The van der Waals surface area contributed by atoms with Crippen molar-refractivity contribution in [2.75, 3.05) is 11.9 Å². The fraction of sp³-hybridized carbons (Fsp3) is 0.0645. The normalized spacial score (nSPS) is 11.3. The van der Waals surface area contributed by atoms with Crippen molar-refractivity contribution in [3.8, 4) is 11.5 Å². The zero-order chi connectivity index (χ0) is 27.9. The number of hydrogen-bond donors (Lipinski definition) is 1. The third kappa shape index (κ3) is 7.48. The van der Waals surface area contributed by atoms with Crippen molar-refractivity contribution in [3.05, 3.63) is 118 Å². The first-order valence-electron chi connectivity index (χ1n) is 12.2. The monoisotopic (exact) mass is 588 g/mol. The van der Waals surface area contributed by atoms with Gasteiger partial charge in [0, 0.05) is 15.7 Å². The highest BCUT2D eigenvalue weighted by Gasteiger charge is 2.16. The first kappa shape index (κ1) is 27.4. The zero-order valence-corrected chi connectivity index (χ0v) is 23.3. The molecular weight excluding hydrogens is 567 g/mol. The Bertz CT molecular complexity index is 1670. The van der Waals surface area contributed by atoms with Crippen LogP contribution in [-0.4, -0.2) is 23.5 Å². The summed E-state index contributed by atoms with van der Waals surface area (Å²) in [5.74, 6) is 0.255. The third-order valence-corrected chi connectivity index (χ3v) is 7.22. The van der Waals surface area contributed by atoms with E-state index in [4.69, 9.17) is 37.7 Å². The van der Waals surface area contributed by atoms with Crippen LogP contribution in [0.1, 0.15) is 17.0 Å². The van der Waals surface area contributed by atoms with Crippen LogP contribution in [0.3, 0.4) is 0 Å². The van der Waals surface area contributed by atoms with Crippen LogP contribution in [0.5, 0.6) is 11.5 Å². The van der Waals surface area contributed by atoms with Gasteiger partial charge >= 0.3 is 5.97 Å². The number of fused-ring (bicyclic) bond motifs is 1. The van der Waals surface area contributed by atoms with E-state index in [-0.39, 0.29) is 6.42 Å². The van der Waals surface area contributed by atoms with E-state index in [0.717, 1.165) is 15.8 Å². The van der Waals surface area contributed by atoms with E-state index in [9.17, 15) is 9.59 Å². The molecule has 6 nitrogen and oxygen atoms in total. The predicted molar refractivity (Wildman–Crippen MR) is 161 cm³/mol. The van der Waals surface area contributed by atoms with E-state index in [1.54, 1.807) is 48.5 Å². The lowest BCUT2D eigenvalue weighted by molar-refractivity contribution is -0.146. The van der Waals surface area contributed by atoms with Crippen LogP contribution in [0.25, 0.3) is 21.9 Å². The number of thiazole rings is 1. The van der Waals surface area contributed by atoms with Gasteiger partial charge in [-0.15, -0.1) is 11.3 Å². The molecule has 5 rings (SSSR count). The average Bonchev–Trinajstić information content (AvgIpc) is 3.38. The maximum atomic E-state index is 12.9. The largest absolute Gasteiger partial charge is 0.457 e. The Balaban J connectivity index is 1.34. The lowest BCUT2D eigenvalue weighted by Gasteiger charge is -2.09. The van der Waals surface area contributed by atoms with Crippen molar-refractivity contribution in [1.29, 1.82) is 0 Å². The molecule has 0 saturated heterocycles. The number of hydrogen-bond acceptors (Lipinski definition) is 6. The molecule has 1 aromatic heterocycles. The van der Waals surface area contributed by atoms with Gasteiger partial charge in [-0.3, -0.25) is 9.59 Å². The number of carbonyl (C=O) groups is 2. The molecule has 0 spiro atoms. The number of rotatable bonds is 9. The molecule has 0 aliphatic heterocycles. The van der Waals surface area contributed by atoms with E-state index in [2.05, 4.69) is 5.32 Å². The van der Waals surface area contributed by atoms with Crippen LogP contribution >= 0.6 is 34.5 Å². The maximum absolute atomic E-state index is 12.9. The lowest BCUT2D eigenvalue weighted by atomic mass is 10.1. The Morgan fingerprint density at radius 3 is 2.45 bits per heavy atom. The van der Waals surface area contributed by atoms with Gasteiger partial charge in [0.2, 0.25) is 0 Å². The van der Waals surface area contributed by atoms with Crippen LogP contribution in [0, 0.1) is 0 Å². The quantitative estimate of drug-likeness (QED) is 0.175. The SMILES string of the molecule is O=C(COC(=O)CC(=Cc1cccc(Oc2ccc(Cl)cc2)c1)c1nc2ccccc2s1)Nc1cccc(Cl)c1. The zero-order valence-electron chi connectivity index (χ0n) is 21.0. The molecule has 4 aromatic carbocycles. The Morgan fingerprint density at radius 1 is 0.850 bits per heavy atom. The van der Waals surface area contributed by atoms with E-state index >= 15 is 0 Å². The molecule has 0 radical (unpaired) electrons. The summed E-state index contributed by atoms with van der Waals surface area (Å²) < 4.78 is 12.3. The summed E-state index contributed by atoms with van der Waals surface area (Å²) in [6.45, 7) is -0.428. The number of benzene rings is 4. The molecule has 1 heterocycles. The van der Waals surface area contributed by atoms with Gasteiger partial charge in [0.15, 0.2) is 6.61 Å². The molecule has 200 valence electrons. The molecule has 0 bridgehead atoms. The average molecular weight is 590 g/mol. The molecule has 0 atom stereocenters. The standard InChI is InChI=1S/C31H22Cl2N2O4S/c32-22-11-13-25(14-12-22)39-26-8-3-5-20(16-26)15-21(31-35-27-9-1-2-10-28(27)40-31)17-30(37)38-19-29(36)34-24-7-4-6-23(33)18-24/h1-16,18H,17,19H2,(H,34,36). The van der Waals surface area contributed by atoms with Crippen molar-refractivity contribution >= 4 is 74.0 Å². The molecular formula is C31H22Cl2N2O4S. The fourth-order valence-electron chi connectivity index (χ4n) is 3.82. The number of nitrogens with zero attached hydrogens (tertiary/aromatic N) is 1. The third-order valence-electron chi connectivity index (χ3n) is 5.62. The summed E-state index contributed by atoms with van der Waals surface area (Å²) in [5.41, 5.74) is 2.82. The summed E-state index contributed by atoms with van der Waals surface area (Å²) in [4.78, 5) is 29.9. The smallest absolute Gasteiger partial charge is 0.310 e. The number of carbonyl (C=O) groups excluding carboxylic acids is 2. The highest BCUT2D eigenvalue weighted by atomic mass is 35.5. The number of ether oxygens (including phenoxy) is 2. The van der Waals surface area contributed by atoms with Crippen molar-refractivity contribution in [3.63, 3.8) is 0 Å². The Hall–Kier alpha value is -4.17. The molecule has 9 heteroatoms. The van der Waals surface area contributed by atoms with E-state index in [0.29, 0.717) is 37.8 Å². The Labute approximate surface area is 244 Å². The second-order valence-electron chi connectivity index (χ2n) is 8.68. The molecule has 5 aromatic rings. The van der Waals surface area contributed by atoms with Gasteiger partial charge in [-0.05, 0) is 83.9 Å². The first-order chi connectivity index (χ1) is 19.4. The van der Waals surface area contributed by atoms with Crippen LogP contribution < -0.4 is 10.1 Å². The summed E-state index contributed by atoms with van der Waals surface area (Å²) >= 11 is 13.4. The summed E-state index contributed by atoms with van der Waals surface area (Å²) in [5, 5.41) is 4.46. The Kier molecular flexibility index (Phi) is 8.76. The number of esters is 1. The minimum Gasteiger partial charge on any atom is -0.457 e. The highest BCUT2D eigenvalue weighted by Crippen LogP contribution is 2.32. The molecule has 1 N–H and O–H groups in total. The van der Waals surface area contributed by atoms with E-state index in [1.165, 1.54) is 11.3 Å². The van der Waals surface area contributed by atoms with Crippen LogP contribution in [0.15, 0.2) is 97.1 Å². The van der Waals surface area contributed by atoms with Gasteiger partial charge < -0.3 is 14.8 Å². The van der Waals surface area contributed by atoms with Gasteiger partial charge in [-0.2, -0.15) is 0 Å². The van der Waals surface area contributed by atoms with Crippen LogP contribution in [0.2, 0.25) is 10.0 Å². The van der Waals surface area contributed by atoms with Crippen molar-refractivity contribution in [2.24, 2.45) is 0 Å². The summed E-state index contributed by atoms with van der Waals surface area (Å²) in [6, 6.07) is 29.1. The second kappa shape index (κ2) is 12.8. The molecule has 0 saturated carbocycles. The number of halogens is 2. The van der Waals surface area contributed by atoms with Gasteiger partial charge in [-0.1, -0.05) is 53.5 Å². The first-order valence-corrected chi connectivity index (χ1v) is 13.8. The van der Waals surface area contributed by atoms with Gasteiger partial charge in [0.05, 0.1) is 16.6 Å². The summed E-state index contributed by atoms with van der Waals surface area (Å²) in [6.07, 6.45) is 1.80.